The molecule has 0 spiro atoms. The van der Waals surface area contributed by atoms with Crippen LogP contribution in [0, 0.1) is 3.95 Å². The van der Waals surface area contributed by atoms with E-state index >= 15 is 0 Å². The average Bonchev–Trinajstić information content (AvgIpc) is 3.22. The first-order valence-corrected chi connectivity index (χ1v) is 9.43. The number of hydrogen-bond donors (Lipinski definition) is 2. The number of benzene rings is 2. The number of aromatic nitrogens is 1. The Morgan fingerprint density at radius 2 is 2.00 bits per heavy atom. The fraction of sp³-hybridized carbons (Fsp3) is 0.0500. The first kappa shape index (κ1) is 18.1. The van der Waals surface area contributed by atoms with Crippen molar-refractivity contribution in [3.8, 4) is 17.3 Å². The summed E-state index contributed by atoms with van der Waals surface area (Å²) in [5.74, 6) is -0.279. The van der Waals surface area contributed by atoms with Gasteiger partial charge in [-0.25, -0.2) is 4.79 Å². The van der Waals surface area contributed by atoms with Crippen molar-refractivity contribution in [2.75, 3.05) is 7.11 Å². The SMILES string of the molecule is COc1ccc2c(c1)N=CC2=Cc1sc(=S)n(-c2ccc(C(=O)O)cc2)c1O. The molecule has 6 nitrogen and oxygen atoms in total. The van der Waals surface area contributed by atoms with Crippen molar-refractivity contribution in [1.82, 2.24) is 4.57 Å². The molecule has 2 N–H and O–H groups in total. The van der Waals surface area contributed by atoms with Gasteiger partial charge >= 0.3 is 5.97 Å². The summed E-state index contributed by atoms with van der Waals surface area (Å²) in [6, 6.07) is 11.8. The first-order chi connectivity index (χ1) is 13.5. The summed E-state index contributed by atoms with van der Waals surface area (Å²) in [7, 11) is 1.60. The average molecular weight is 410 g/mol. The Morgan fingerprint density at radius 1 is 1.25 bits per heavy atom. The van der Waals surface area contributed by atoms with Crippen LogP contribution in [-0.4, -0.2) is 34.1 Å². The topological polar surface area (TPSA) is 84.1 Å². The van der Waals surface area contributed by atoms with Gasteiger partial charge in [0, 0.05) is 23.4 Å². The predicted octanol–water partition coefficient (Wildman–Crippen LogP) is 4.94. The van der Waals surface area contributed by atoms with E-state index in [1.54, 1.807) is 25.5 Å². The van der Waals surface area contributed by atoms with Gasteiger partial charge in [-0.15, -0.1) is 11.3 Å². The minimum atomic E-state index is -1.01. The molecule has 1 aliphatic rings. The Bertz CT molecular complexity index is 1200. The van der Waals surface area contributed by atoms with Crippen LogP contribution in [0.2, 0.25) is 0 Å². The maximum atomic E-state index is 11.0. The quantitative estimate of drug-likeness (QED) is 0.596. The van der Waals surface area contributed by atoms with E-state index in [-0.39, 0.29) is 11.4 Å². The second-order valence-electron chi connectivity index (χ2n) is 5.98. The molecule has 0 atom stereocenters. The lowest BCUT2D eigenvalue weighted by Crippen LogP contribution is -1.98. The van der Waals surface area contributed by atoms with Crippen LogP contribution < -0.4 is 4.74 Å². The van der Waals surface area contributed by atoms with Crippen molar-refractivity contribution in [1.29, 1.82) is 0 Å². The molecule has 4 rings (SSSR count). The summed E-state index contributed by atoms with van der Waals surface area (Å²) in [5, 5.41) is 19.7. The monoisotopic (exact) mass is 410 g/mol. The number of carbonyl (C=O) groups is 1. The van der Waals surface area contributed by atoms with Crippen LogP contribution in [0.3, 0.4) is 0 Å². The Morgan fingerprint density at radius 3 is 2.68 bits per heavy atom. The molecule has 0 aliphatic carbocycles. The minimum Gasteiger partial charge on any atom is -0.497 e. The molecule has 0 saturated carbocycles. The molecule has 3 aromatic rings. The fourth-order valence-electron chi connectivity index (χ4n) is 2.91. The summed E-state index contributed by atoms with van der Waals surface area (Å²) < 4.78 is 7.19. The van der Waals surface area contributed by atoms with E-state index < -0.39 is 5.97 Å². The molecule has 0 saturated heterocycles. The van der Waals surface area contributed by atoms with Crippen LogP contribution in [0.4, 0.5) is 5.69 Å². The molecule has 0 bridgehead atoms. The highest BCUT2D eigenvalue weighted by atomic mass is 32.1. The van der Waals surface area contributed by atoms with Crippen molar-refractivity contribution in [2.24, 2.45) is 4.99 Å². The number of carboxylic acid groups (broad SMARTS) is 1. The number of aliphatic imine (C=N–C) groups is 1. The van der Waals surface area contributed by atoms with Crippen LogP contribution in [0.25, 0.3) is 17.3 Å². The Labute approximate surface area is 169 Å². The Kier molecular flexibility index (Phi) is 4.58. The number of methoxy groups -OCH3 is 1. The van der Waals surface area contributed by atoms with Crippen molar-refractivity contribution < 1.29 is 19.7 Å². The van der Waals surface area contributed by atoms with Crippen molar-refractivity contribution >= 4 is 53.1 Å². The number of aromatic carboxylic acids is 1. The van der Waals surface area contributed by atoms with Gasteiger partial charge in [0.05, 0.1) is 28.9 Å². The third kappa shape index (κ3) is 3.12. The van der Waals surface area contributed by atoms with Gasteiger partial charge in [0.25, 0.3) is 0 Å². The molecule has 140 valence electrons. The zero-order valence-corrected chi connectivity index (χ0v) is 16.3. The van der Waals surface area contributed by atoms with Gasteiger partial charge in [-0.05, 0) is 54.7 Å². The zero-order chi connectivity index (χ0) is 19.8. The Balaban J connectivity index is 1.73. The molecule has 8 heteroatoms. The molecule has 1 aromatic heterocycles. The van der Waals surface area contributed by atoms with Gasteiger partial charge in [-0.3, -0.25) is 9.56 Å². The van der Waals surface area contributed by atoms with E-state index in [4.69, 9.17) is 22.1 Å². The number of nitrogens with zero attached hydrogens (tertiary/aromatic N) is 2. The molecule has 28 heavy (non-hydrogen) atoms. The smallest absolute Gasteiger partial charge is 0.335 e. The summed E-state index contributed by atoms with van der Waals surface area (Å²) in [6.07, 6.45) is 3.57. The molecule has 0 unspecified atom stereocenters. The van der Waals surface area contributed by atoms with Crippen molar-refractivity contribution in [2.45, 2.75) is 0 Å². The third-order valence-corrected chi connectivity index (χ3v) is 5.64. The van der Waals surface area contributed by atoms with Crippen LogP contribution in [0.5, 0.6) is 11.6 Å². The number of rotatable bonds is 4. The maximum Gasteiger partial charge on any atom is 0.335 e. The van der Waals surface area contributed by atoms with E-state index in [2.05, 4.69) is 4.99 Å². The lowest BCUT2D eigenvalue weighted by atomic mass is 10.1. The van der Waals surface area contributed by atoms with E-state index in [1.807, 2.05) is 24.3 Å². The summed E-state index contributed by atoms with van der Waals surface area (Å²) in [5.41, 5.74) is 3.37. The second kappa shape index (κ2) is 7.06. The predicted molar refractivity (Wildman–Crippen MR) is 112 cm³/mol. The van der Waals surface area contributed by atoms with Gasteiger partial charge in [0.15, 0.2) is 3.95 Å². The minimum absolute atomic E-state index is 0.000867. The lowest BCUT2D eigenvalue weighted by Gasteiger charge is -2.05. The van der Waals surface area contributed by atoms with E-state index in [1.165, 1.54) is 28.0 Å². The van der Waals surface area contributed by atoms with Crippen LogP contribution >= 0.6 is 23.6 Å². The normalized spacial score (nSPS) is 13.7. The molecule has 2 heterocycles. The second-order valence-corrected chi connectivity index (χ2v) is 7.66. The number of carboxylic acids is 1. The lowest BCUT2D eigenvalue weighted by molar-refractivity contribution is 0.0697. The fourth-order valence-corrected chi connectivity index (χ4v) is 4.21. The van der Waals surface area contributed by atoms with Crippen molar-refractivity contribution in [3.05, 3.63) is 62.4 Å². The number of fused-ring (bicyclic) bond motifs is 1. The van der Waals surface area contributed by atoms with Crippen molar-refractivity contribution in [3.63, 3.8) is 0 Å². The maximum absolute atomic E-state index is 11.0. The number of hydrogen-bond acceptors (Lipinski definition) is 6. The highest BCUT2D eigenvalue weighted by Crippen LogP contribution is 2.38. The van der Waals surface area contributed by atoms with Crippen LogP contribution in [-0.2, 0) is 0 Å². The molecule has 0 amide bonds. The van der Waals surface area contributed by atoms with Crippen LogP contribution in [0.1, 0.15) is 20.8 Å². The number of aromatic hydroxyl groups is 1. The summed E-state index contributed by atoms with van der Waals surface area (Å²) in [6.45, 7) is 0. The highest BCUT2D eigenvalue weighted by Gasteiger charge is 2.17. The third-order valence-electron chi connectivity index (χ3n) is 4.33. The number of ether oxygens (including phenoxy) is 1. The largest absolute Gasteiger partial charge is 0.497 e. The van der Waals surface area contributed by atoms with Gasteiger partial charge in [0.2, 0.25) is 5.88 Å². The van der Waals surface area contributed by atoms with Crippen LogP contribution in [0.15, 0.2) is 47.5 Å². The zero-order valence-electron chi connectivity index (χ0n) is 14.6. The van der Waals surface area contributed by atoms with Gasteiger partial charge < -0.3 is 14.9 Å². The molecule has 0 fully saturated rings. The molecular formula is C20H14N2O4S2. The summed E-state index contributed by atoms with van der Waals surface area (Å²) >= 11 is 6.67. The molecule has 1 aliphatic heterocycles. The van der Waals surface area contributed by atoms with Gasteiger partial charge in [0.1, 0.15) is 5.75 Å². The van der Waals surface area contributed by atoms with E-state index in [0.717, 1.165) is 22.6 Å². The number of allylic oxidation sites excluding steroid dienone is 1. The molecule has 0 radical (unpaired) electrons. The summed E-state index contributed by atoms with van der Waals surface area (Å²) in [4.78, 5) is 16.0. The molecule has 2 aromatic carbocycles. The van der Waals surface area contributed by atoms with E-state index in [0.29, 0.717) is 14.5 Å². The highest BCUT2D eigenvalue weighted by molar-refractivity contribution is 7.73. The number of thiazole rings is 1. The molecular weight excluding hydrogens is 396 g/mol. The Hall–Kier alpha value is -3.23. The standard InChI is InChI=1S/C20H14N2O4S2/c1-26-14-6-7-15-12(10-21-16(15)9-14)8-17-18(23)22(20(27)28-17)13-4-2-11(3-5-13)19(24)25/h2-10,23H,1H3,(H,24,25). The van der Waals surface area contributed by atoms with Gasteiger partial charge in [-0.2, -0.15) is 0 Å². The van der Waals surface area contributed by atoms with Gasteiger partial charge in [-0.1, -0.05) is 0 Å². The van der Waals surface area contributed by atoms with E-state index in [9.17, 15) is 9.90 Å². The first-order valence-electron chi connectivity index (χ1n) is 8.20.